The van der Waals surface area contributed by atoms with Crippen molar-refractivity contribution in [2.24, 2.45) is 11.8 Å². The highest BCUT2D eigenvalue weighted by Gasteiger charge is 2.78. The average molecular weight is 622 g/mol. The highest BCUT2D eigenvalue weighted by Crippen LogP contribution is 2.72. The Morgan fingerprint density at radius 3 is 2.40 bits per heavy atom. The van der Waals surface area contributed by atoms with Gasteiger partial charge in [-0.15, -0.1) is 24.9 Å². The van der Waals surface area contributed by atoms with Crippen molar-refractivity contribution in [2.45, 2.75) is 54.7 Å². The second-order valence-electron chi connectivity index (χ2n) is 11.8. The lowest BCUT2D eigenvalue weighted by atomic mass is 9.66. The fourth-order valence-corrected chi connectivity index (χ4v) is 10.1. The smallest absolute Gasteiger partial charge is 0.251 e. The van der Waals surface area contributed by atoms with Crippen LogP contribution in [0.4, 0.5) is 5.69 Å². The van der Waals surface area contributed by atoms with Gasteiger partial charge >= 0.3 is 0 Å². The van der Waals surface area contributed by atoms with Crippen molar-refractivity contribution >= 4 is 46.8 Å². The normalized spacial score (nSPS) is 28.0. The Morgan fingerprint density at radius 1 is 1.09 bits per heavy atom. The summed E-state index contributed by atoms with van der Waals surface area (Å²) in [4.78, 5) is 49.1. The maximum atomic E-state index is 15.0. The number of benzene rings is 2. The average Bonchev–Trinajstić information content (AvgIpc) is 3.57. The van der Waals surface area contributed by atoms with Crippen molar-refractivity contribution in [3.63, 3.8) is 0 Å². The number of hydrogen-bond acceptors (Lipinski definition) is 5. The molecule has 3 saturated heterocycles. The minimum atomic E-state index is -0.928. The number of fused-ring (bicyclic) bond motifs is 1. The first kappa shape index (κ1) is 31.4. The Balaban J connectivity index is 1.68. The number of thioether (sulfide) groups is 1. The summed E-state index contributed by atoms with van der Waals surface area (Å²) >= 11 is 8.23. The van der Waals surface area contributed by atoms with Gasteiger partial charge < -0.3 is 19.8 Å². The fourth-order valence-electron chi connectivity index (χ4n) is 7.55. The van der Waals surface area contributed by atoms with E-state index < -0.39 is 33.4 Å². The molecule has 0 aliphatic carbocycles. The molecule has 2 aromatic carbocycles. The summed E-state index contributed by atoms with van der Waals surface area (Å²) in [6.07, 6.45) is 5.44. The molecular weight excluding hydrogens is 582 g/mol. The summed E-state index contributed by atoms with van der Waals surface area (Å²) in [6, 6.07) is 14.7. The van der Waals surface area contributed by atoms with E-state index in [4.69, 9.17) is 11.6 Å². The van der Waals surface area contributed by atoms with E-state index in [1.165, 1.54) is 0 Å². The van der Waals surface area contributed by atoms with Crippen LogP contribution in [0.2, 0.25) is 5.02 Å². The number of anilines is 1. The van der Waals surface area contributed by atoms with Gasteiger partial charge in [-0.2, -0.15) is 0 Å². The summed E-state index contributed by atoms with van der Waals surface area (Å²) in [7, 11) is 0. The number of carbonyl (C=O) groups excluding carboxylic acids is 3. The van der Waals surface area contributed by atoms with E-state index in [0.717, 1.165) is 12.0 Å². The summed E-state index contributed by atoms with van der Waals surface area (Å²) < 4.78 is -1.36. The first-order valence-electron chi connectivity index (χ1n) is 14.9. The van der Waals surface area contributed by atoms with Gasteiger partial charge in [-0.3, -0.25) is 14.4 Å². The summed E-state index contributed by atoms with van der Waals surface area (Å²) in [5.74, 6) is -1.94. The zero-order valence-electron chi connectivity index (χ0n) is 24.8. The lowest BCUT2D eigenvalue weighted by molar-refractivity contribution is -0.146. The number of para-hydroxylation sites is 1. The molecule has 1 spiro atoms. The summed E-state index contributed by atoms with van der Waals surface area (Å²) in [5.41, 5.74) is 1.26. The van der Waals surface area contributed by atoms with E-state index in [2.05, 4.69) is 20.1 Å². The second-order valence-corrected chi connectivity index (χ2v) is 14.1. The number of halogens is 1. The Labute approximate surface area is 263 Å². The molecular formula is C34H40ClN3O4S. The van der Waals surface area contributed by atoms with E-state index in [1.54, 1.807) is 56.8 Å². The minimum Gasteiger partial charge on any atom is -0.394 e. The van der Waals surface area contributed by atoms with Crippen LogP contribution in [0.15, 0.2) is 79.9 Å². The SMILES string of the molecule is C=CCN(CCC)C(=O)[C@H]1[C@H]2C(=O)N([C@H](CO)c3ccccc3)C(C(=O)N(CC=C)c3ccccc3Cl)C23CC[C@]1(C)S3. The van der Waals surface area contributed by atoms with Crippen LogP contribution < -0.4 is 4.90 Å². The molecule has 9 heteroatoms. The van der Waals surface area contributed by atoms with Crippen molar-refractivity contribution in [1.82, 2.24) is 9.80 Å². The number of likely N-dealkylation sites (tertiary alicyclic amines) is 1. The molecule has 2 aromatic rings. The van der Waals surface area contributed by atoms with Gasteiger partial charge in [0.05, 0.1) is 39.9 Å². The molecule has 2 bridgehead atoms. The lowest BCUT2D eigenvalue weighted by Gasteiger charge is -2.40. The maximum absolute atomic E-state index is 15.0. The number of rotatable bonds is 12. The van der Waals surface area contributed by atoms with Crippen molar-refractivity contribution in [3.8, 4) is 0 Å². The largest absolute Gasteiger partial charge is 0.394 e. The number of amides is 3. The molecule has 3 amide bonds. The van der Waals surface area contributed by atoms with Crippen LogP contribution in [0.5, 0.6) is 0 Å². The zero-order valence-corrected chi connectivity index (χ0v) is 26.4. The van der Waals surface area contributed by atoms with Crippen LogP contribution in [0.3, 0.4) is 0 Å². The van der Waals surface area contributed by atoms with Gasteiger partial charge in [0, 0.05) is 24.4 Å². The topological polar surface area (TPSA) is 81.2 Å². The monoisotopic (exact) mass is 621 g/mol. The van der Waals surface area contributed by atoms with E-state index in [-0.39, 0.29) is 30.9 Å². The van der Waals surface area contributed by atoms with Crippen LogP contribution in [0.1, 0.15) is 44.7 Å². The molecule has 3 aliphatic rings. The lowest BCUT2D eigenvalue weighted by Crippen LogP contribution is -2.56. The van der Waals surface area contributed by atoms with Gasteiger partial charge in [0.1, 0.15) is 6.04 Å². The van der Waals surface area contributed by atoms with Gasteiger partial charge in [-0.1, -0.05) is 73.1 Å². The molecule has 3 heterocycles. The molecule has 3 fully saturated rings. The molecule has 228 valence electrons. The van der Waals surface area contributed by atoms with Crippen LogP contribution in [0.25, 0.3) is 0 Å². The Hall–Kier alpha value is -3.07. The Bertz CT molecular complexity index is 1410. The van der Waals surface area contributed by atoms with Gasteiger partial charge in [0.15, 0.2) is 0 Å². The third-order valence-corrected chi connectivity index (χ3v) is 11.6. The molecule has 43 heavy (non-hydrogen) atoms. The van der Waals surface area contributed by atoms with Gasteiger partial charge in [-0.05, 0) is 43.9 Å². The van der Waals surface area contributed by atoms with E-state index in [9.17, 15) is 19.5 Å². The molecule has 7 nitrogen and oxygen atoms in total. The van der Waals surface area contributed by atoms with Crippen molar-refractivity contribution < 1.29 is 19.5 Å². The molecule has 0 radical (unpaired) electrons. The molecule has 3 aliphatic heterocycles. The number of nitrogens with zero attached hydrogens (tertiary/aromatic N) is 3. The quantitative estimate of drug-likeness (QED) is 0.317. The first-order chi connectivity index (χ1) is 20.7. The van der Waals surface area contributed by atoms with E-state index in [0.29, 0.717) is 36.6 Å². The predicted octanol–water partition coefficient (Wildman–Crippen LogP) is 5.50. The highest BCUT2D eigenvalue weighted by atomic mass is 35.5. The van der Waals surface area contributed by atoms with Crippen molar-refractivity contribution in [3.05, 3.63) is 90.5 Å². The second kappa shape index (κ2) is 12.5. The van der Waals surface area contributed by atoms with E-state index >= 15 is 0 Å². The van der Waals surface area contributed by atoms with Crippen LogP contribution in [0, 0.1) is 11.8 Å². The molecule has 6 atom stereocenters. The molecule has 0 saturated carbocycles. The van der Waals surface area contributed by atoms with E-state index in [1.807, 2.05) is 43.3 Å². The van der Waals surface area contributed by atoms with Crippen molar-refractivity contribution in [2.75, 3.05) is 31.1 Å². The fraction of sp³-hybridized carbons (Fsp3) is 0.441. The summed E-state index contributed by atoms with van der Waals surface area (Å²) in [6.45, 7) is 12.6. The number of aliphatic hydroxyl groups is 1. The predicted molar refractivity (Wildman–Crippen MR) is 173 cm³/mol. The highest BCUT2D eigenvalue weighted by molar-refractivity contribution is 8.02. The maximum Gasteiger partial charge on any atom is 0.251 e. The van der Waals surface area contributed by atoms with Crippen molar-refractivity contribution in [1.29, 1.82) is 0 Å². The Morgan fingerprint density at radius 2 is 1.77 bits per heavy atom. The number of carbonyl (C=O) groups is 3. The summed E-state index contributed by atoms with van der Waals surface area (Å²) in [5, 5.41) is 11.2. The van der Waals surface area contributed by atoms with Crippen LogP contribution in [-0.2, 0) is 14.4 Å². The van der Waals surface area contributed by atoms with Gasteiger partial charge in [-0.25, -0.2) is 0 Å². The molecule has 1 N–H and O–H groups in total. The molecule has 5 rings (SSSR count). The Kier molecular flexibility index (Phi) is 9.12. The third-order valence-electron chi connectivity index (χ3n) is 9.28. The number of hydrogen-bond donors (Lipinski definition) is 1. The van der Waals surface area contributed by atoms with Crippen LogP contribution in [-0.4, -0.2) is 74.4 Å². The number of aliphatic hydroxyl groups excluding tert-OH is 1. The molecule has 0 aromatic heterocycles. The van der Waals surface area contributed by atoms with Gasteiger partial charge in [0.2, 0.25) is 11.8 Å². The van der Waals surface area contributed by atoms with Crippen LogP contribution >= 0.6 is 23.4 Å². The zero-order chi connectivity index (χ0) is 30.9. The minimum absolute atomic E-state index is 0.0703. The first-order valence-corrected chi connectivity index (χ1v) is 16.1. The van der Waals surface area contributed by atoms with Gasteiger partial charge in [0.25, 0.3) is 5.91 Å². The third kappa shape index (κ3) is 5.11. The molecule has 2 unspecified atom stereocenters. The standard InChI is InChI=1S/C34H40ClN3O4S/c1-5-19-36(20-6-2)30(40)27-28-31(41)38(26(22-39)23-13-9-8-10-14-23)29(34(28)18-17-33(27,4)43-34)32(42)37(21-7-3)25-16-12-11-15-24(25)35/h5,7-16,26-29,39H,1,3,6,17-22H2,2,4H3/t26-,27-,28+,29?,33+,34?/m1/s1.